The lowest BCUT2D eigenvalue weighted by Gasteiger charge is -2.20. The molecule has 1 N–H and O–H groups in total. The van der Waals surface area contributed by atoms with E-state index in [9.17, 15) is 9.18 Å². The highest BCUT2D eigenvalue weighted by molar-refractivity contribution is 5.99. The van der Waals surface area contributed by atoms with Crippen molar-refractivity contribution in [3.8, 4) is 0 Å². The highest BCUT2D eigenvalue weighted by Gasteiger charge is 2.24. The second kappa shape index (κ2) is 6.18. The van der Waals surface area contributed by atoms with Crippen LogP contribution in [0.4, 0.5) is 15.8 Å². The Morgan fingerprint density at radius 1 is 1.18 bits per heavy atom. The van der Waals surface area contributed by atoms with Gasteiger partial charge in [0, 0.05) is 30.5 Å². The molecule has 1 heterocycles. The van der Waals surface area contributed by atoms with E-state index in [0.29, 0.717) is 5.69 Å². The highest BCUT2D eigenvalue weighted by Crippen LogP contribution is 2.25. The van der Waals surface area contributed by atoms with Crippen molar-refractivity contribution in [2.75, 3.05) is 23.3 Å². The van der Waals surface area contributed by atoms with Crippen LogP contribution in [0.5, 0.6) is 0 Å². The van der Waals surface area contributed by atoms with Crippen LogP contribution in [-0.2, 0) is 0 Å². The Kier molecular flexibility index (Phi) is 4.09. The van der Waals surface area contributed by atoms with Crippen molar-refractivity contribution in [2.45, 2.75) is 19.4 Å². The average Bonchev–Trinajstić information content (AvgIpc) is 2.96. The van der Waals surface area contributed by atoms with Gasteiger partial charge in [0.25, 0.3) is 0 Å². The number of hydrogen-bond donors (Lipinski definition) is 1. The zero-order valence-electron chi connectivity index (χ0n) is 12.6. The fourth-order valence-electron chi connectivity index (χ4n) is 2.97. The molecule has 1 atom stereocenters. The quantitative estimate of drug-likeness (QED) is 0.873. The Bertz CT molecular complexity index is 672. The van der Waals surface area contributed by atoms with Crippen molar-refractivity contribution in [3.05, 3.63) is 59.9 Å². The predicted molar refractivity (Wildman–Crippen MR) is 87.1 cm³/mol. The summed E-state index contributed by atoms with van der Waals surface area (Å²) in [6.45, 7) is 3.19. The number of nitrogens with one attached hydrogen (secondary N) is 1. The standard InChI is InChI=1S/C18H19FN2O/c1-13(22)18-16(19)8-5-9-17(18)20-14-10-11-21(12-14)15-6-3-2-4-7-15/h2-9,14,20H,10-12H2,1H3. The fourth-order valence-corrected chi connectivity index (χ4v) is 2.97. The van der Waals surface area contributed by atoms with Gasteiger partial charge in [0.15, 0.2) is 5.78 Å². The van der Waals surface area contributed by atoms with Crippen LogP contribution in [0.3, 0.4) is 0 Å². The number of carbonyl (C=O) groups excluding carboxylic acids is 1. The monoisotopic (exact) mass is 298 g/mol. The van der Waals surface area contributed by atoms with Crippen molar-refractivity contribution in [2.24, 2.45) is 0 Å². The third kappa shape index (κ3) is 2.96. The van der Waals surface area contributed by atoms with E-state index in [0.717, 1.165) is 19.5 Å². The average molecular weight is 298 g/mol. The van der Waals surface area contributed by atoms with Gasteiger partial charge in [-0.3, -0.25) is 4.79 Å². The molecule has 0 spiro atoms. The summed E-state index contributed by atoms with van der Waals surface area (Å²) < 4.78 is 13.8. The van der Waals surface area contributed by atoms with Crippen LogP contribution in [0.2, 0.25) is 0 Å². The molecule has 2 aromatic carbocycles. The molecular weight excluding hydrogens is 279 g/mol. The first kappa shape index (κ1) is 14.6. The summed E-state index contributed by atoms with van der Waals surface area (Å²) in [4.78, 5) is 14.0. The molecule has 0 radical (unpaired) electrons. The van der Waals surface area contributed by atoms with Crippen molar-refractivity contribution in [3.63, 3.8) is 0 Å². The fraction of sp³-hybridized carbons (Fsp3) is 0.278. The van der Waals surface area contributed by atoms with Gasteiger partial charge in [-0.15, -0.1) is 0 Å². The van der Waals surface area contributed by atoms with Crippen molar-refractivity contribution in [1.29, 1.82) is 0 Å². The minimum atomic E-state index is -0.463. The van der Waals surface area contributed by atoms with Crippen molar-refractivity contribution in [1.82, 2.24) is 0 Å². The minimum absolute atomic E-state index is 0.153. The van der Waals surface area contributed by atoms with Crippen LogP contribution in [0.25, 0.3) is 0 Å². The molecular formula is C18H19FN2O. The van der Waals surface area contributed by atoms with Gasteiger partial charge in [0.2, 0.25) is 0 Å². The first-order chi connectivity index (χ1) is 10.6. The zero-order valence-corrected chi connectivity index (χ0v) is 12.6. The van der Waals surface area contributed by atoms with Gasteiger partial charge < -0.3 is 10.2 Å². The number of halogens is 1. The molecule has 1 unspecified atom stereocenters. The maximum Gasteiger partial charge on any atom is 0.164 e. The first-order valence-corrected chi connectivity index (χ1v) is 7.51. The summed E-state index contributed by atoms with van der Waals surface area (Å²) in [6, 6.07) is 15.2. The van der Waals surface area contributed by atoms with Gasteiger partial charge in [-0.1, -0.05) is 24.3 Å². The maximum atomic E-state index is 13.8. The van der Waals surface area contributed by atoms with Crippen molar-refractivity contribution >= 4 is 17.2 Å². The number of rotatable bonds is 4. The zero-order chi connectivity index (χ0) is 15.5. The number of Topliss-reactive ketones (excluding diaryl/α,β-unsaturated/α-hetero) is 1. The number of anilines is 2. The van der Waals surface area contributed by atoms with Gasteiger partial charge >= 0.3 is 0 Å². The van der Waals surface area contributed by atoms with E-state index in [2.05, 4.69) is 22.3 Å². The Hall–Kier alpha value is -2.36. The lowest BCUT2D eigenvalue weighted by atomic mass is 10.1. The highest BCUT2D eigenvalue weighted by atomic mass is 19.1. The molecule has 0 bridgehead atoms. The molecule has 2 aromatic rings. The van der Waals surface area contributed by atoms with Crippen LogP contribution < -0.4 is 10.2 Å². The molecule has 114 valence electrons. The number of hydrogen-bond acceptors (Lipinski definition) is 3. The van der Waals surface area contributed by atoms with Crippen LogP contribution in [0.15, 0.2) is 48.5 Å². The Labute approximate surface area is 129 Å². The first-order valence-electron chi connectivity index (χ1n) is 7.51. The van der Waals surface area contributed by atoms with E-state index in [1.807, 2.05) is 18.2 Å². The lowest BCUT2D eigenvalue weighted by molar-refractivity contribution is 0.101. The second-order valence-electron chi connectivity index (χ2n) is 5.63. The molecule has 3 rings (SSSR count). The van der Waals surface area contributed by atoms with Crippen LogP contribution in [0, 0.1) is 5.82 Å². The minimum Gasteiger partial charge on any atom is -0.380 e. The summed E-state index contributed by atoms with van der Waals surface area (Å²) in [7, 11) is 0. The van der Waals surface area contributed by atoms with Crippen molar-refractivity contribution < 1.29 is 9.18 Å². The largest absolute Gasteiger partial charge is 0.380 e. The molecule has 0 aliphatic carbocycles. The Morgan fingerprint density at radius 3 is 2.68 bits per heavy atom. The third-order valence-electron chi connectivity index (χ3n) is 4.03. The molecule has 4 heteroatoms. The van der Waals surface area contributed by atoms with E-state index in [1.165, 1.54) is 18.7 Å². The van der Waals surface area contributed by atoms with Crippen LogP contribution in [0.1, 0.15) is 23.7 Å². The molecule has 0 saturated carbocycles. The predicted octanol–water partition coefficient (Wildman–Crippen LogP) is 3.72. The van der Waals surface area contributed by atoms with Gasteiger partial charge in [0.1, 0.15) is 5.82 Å². The molecule has 22 heavy (non-hydrogen) atoms. The molecule has 0 aromatic heterocycles. The SMILES string of the molecule is CC(=O)c1c(F)cccc1NC1CCN(c2ccccc2)C1. The van der Waals surface area contributed by atoms with Gasteiger partial charge in [0.05, 0.1) is 5.56 Å². The molecule has 1 fully saturated rings. The summed E-state index contributed by atoms with van der Waals surface area (Å²) in [5.74, 6) is -0.714. The van der Waals surface area contributed by atoms with Crippen LogP contribution >= 0.6 is 0 Å². The second-order valence-corrected chi connectivity index (χ2v) is 5.63. The summed E-state index contributed by atoms with van der Waals surface area (Å²) in [6.07, 6.45) is 0.961. The van der Waals surface area contributed by atoms with Gasteiger partial charge in [-0.05, 0) is 37.6 Å². The van der Waals surface area contributed by atoms with E-state index in [4.69, 9.17) is 0 Å². The third-order valence-corrected chi connectivity index (χ3v) is 4.03. The molecule has 1 saturated heterocycles. The maximum absolute atomic E-state index is 13.8. The summed E-state index contributed by atoms with van der Waals surface area (Å²) >= 11 is 0. The Morgan fingerprint density at radius 2 is 1.95 bits per heavy atom. The lowest BCUT2D eigenvalue weighted by Crippen LogP contribution is -2.26. The molecule has 3 nitrogen and oxygen atoms in total. The summed E-state index contributed by atoms with van der Waals surface area (Å²) in [5, 5.41) is 3.33. The number of nitrogens with zero attached hydrogens (tertiary/aromatic N) is 1. The van der Waals surface area contributed by atoms with E-state index < -0.39 is 5.82 Å². The Balaban J connectivity index is 1.73. The molecule has 1 aliphatic rings. The number of benzene rings is 2. The number of ketones is 1. The van der Waals surface area contributed by atoms with Gasteiger partial charge in [-0.2, -0.15) is 0 Å². The van der Waals surface area contributed by atoms with Gasteiger partial charge in [-0.25, -0.2) is 4.39 Å². The van der Waals surface area contributed by atoms with E-state index in [-0.39, 0.29) is 17.4 Å². The summed E-state index contributed by atoms with van der Waals surface area (Å²) in [5.41, 5.74) is 1.94. The smallest absolute Gasteiger partial charge is 0.164 e. The van der Waals surface area contributed by atoms with E-state index in [1.54, 1.807) is 12.1 Å². The molecule has 1 aliphatic heterocycles. The number of carbonyl (C=O) groups is 1. The van der Waals surface area contributed by atoms with Crippen LogP contribution in [-0.4, -0.2) is 24.9 Å². The number of para-hydroxylation sites is 1. The van der Waals surface area contributed by atoms with E-state index >= 15 is 0 Å². The normalized spacial score (nSPS) is 17.5. The topological polar surface area (TPSA) is 32.3 Å². The molecule has 0 amide bonds.